The monoisotopic (exact) mass is 321 g/mol. The van der Waals surface area contributed by atoms with E-state index in [-0.39, 0.29) is 10.7 Å². The lowest BCUT2D eigenvalue weighted by Crippen LogP contribution is -2.10. The highest BCUT2D eigenvalue weighted by atomic mass is 35.5. The van der Waals surface area contributed by atoms with Crippen LogP contribution < -0.4 is 0 Å². The second-order valence-corrected chi connectivity index (χ2v) is 4.82. The van der Waals surface area contributed by atoms with Gasteiger partial charge in [0.25, 0.3) is 0 Å². The number of nitrogens with zero attached hydrogens (tertiary/aromatic N) is 1. The molecule has 2 nitrogen and oxygen atoms in total. The van der Waals surface area contributed by atoms with E-state index < -0.39 is 18.0 Å². The molecule has 1 N–H and O–H groups in total. The Balaban J connectivity index is 2.36. The van der Waals surface area contributed by atoms with Gasteiger partial charge in [0.05, 0.1) is 0 Å². The third kappa shape index (κ3) is 3.23. The van der Waals surface area contributed by atoms with Crippen molar-refractivity contribution in [1.29, 1.82) is 0 Å². The number of benzene rings is 1. The van der Waals surface area contributed by atoms with Crippen LogP contribution in [0.3, 0.4) is 0 Å². The van der Waals surface area contributed by atoms with E-state index in [0.717, 1.165) is 12.1 Å². The second-order valence-electron chi connectivity index (χ2n) is 4.03. The average Bonchev–Trinajstić information content (AvgIpc) is 2.37. The largest absolute Gasteiger partial charge is 0.433 e. The van der Waals surface area contributed by atoms with Crippen molar-refractivity contribution in [2.24, 2.45) is 0 Å². The molecule has 1 atom stereocenters. The Bertz CT molecular complexity index is 614. The summed E-state index contributed by atoms with van der Waals surface area (Å²) in [7, 11) is 0. The Morgan fingerprint density at radius 1 is 1.00 bits per heavy atom. The molecule has 0 spiro atoms. The number of aliphatic hydroxyl groups is 1. The van der Waals surface area contributed by atoms with E-state index in [4.69, 9.17) is 23.2 Å². The average molecular weight is 322 g/mol. The van der Waals surface area contributed by atoms with Crippen LogP contribution in [0.1, 0.15) is 22.9 Å². The van der Waals surface area contributed by atoms with Gasteiger partial charge in [-0.1, -0.05) is 41.4 Å². The Labute approximate surface area is 122 Å². The minimum Gasteiger partial charge on any atom is -0.384 e. The molecule has 0 saturated carbocycles. The molecule has 2 rings (SSSR count). The fourth-order valence-corrected chi connectivity index (χ4v) is 2.01. The fraction of sp³-hybridized carbons (Fsp3) is 0.154. The topological polar surface area (TPSA) is 33.1 Å². The van der Waals surface area contributed by atoms with Gasteiger partial charge in [0.2, 0.25) is 0 Å². The van der Waals surface area contributed by atoms with Gasteiger partial charge in [-0.2, -0.15) is 13.2 Å². The van der Waals surface area contributed by atoms with Crippen LogP contribution in [0.2, 0.25) is 10.2 Å². The quantitative estimate of drug-likeness (QED) is 0.827. The lowest BCUT2D eigenvalue weighted by atomic mass is 10.0. The minimum absolute atomic E-state index is 0.0991. The summed E-state index contributed by atoms with van der Waals surface area (Å²) in [6.07, 6.45) is -5.75. The lowest BCUT2D eigenvalue weighted by molar-refractivity contribution is -0.141. The molecule has 7 heteroatoms. The number of rotatable bonds is 2. The Kier molecular flexibility index (Phi) is 4.22. The molecule has 1 unspecified atom stereocenters. The second kappa shape index (κ2) is 5.60. The van der Waals surface area contributed by atoms with Gasteiger partial charge in [0, 0.05) is 10.6 Å². The zero-order valence-electron chi connectivity index (χ0n) is 9.83. The van der Waals surface area contributed by atoms with Gasteiger partial charge in [-0.15, -0.1) is 0 Å². The lowest BCUT2D eigenvalue weighted by Gasteiger charge is -2.14. The summed E-state index contributed by atoms with van der Waals surface area (Å²) in [5.74, 6) is 0. The van der Waals surface area contributed by atoms with Gasteiger partial charge >= 0.3 is 6.18 Å². The van der Waals surface area contributed by atoms with E-state index in [1.807, 2.05) is 0 Å². The summed E-state index contributed by atoms with van der Waals surface area (Å²) in [4.78, 5) is 3.26. The van der Waals surface area contributed by atoms with Crippen molar-refractivity contribution in [1.82, 2.24) is 4.98 Å². The molecule has 0 aliphatic heterocycles. The van der Waals surface area contributed by atoms with Crippen LogP contribution >= 0.6 is 23.2 Å². The number of aliphatic hydroxyl groups excluding tert-OH is 1. The zero-order valence-corrected chi connectivity index (χ0v) is 11.3. The van der Waals surface area contributed by atoms with Crippen molar-refractivity contribution < 1.29 is 18.3 Å². The summed E-state index contributed by atoms with van der Waals surface area (Å²) in [5.41, 5.74) is -0.547. The summed E-state index contributed by atoms with van der Waals surface area (Å²) < 4.78 is 37.4. The standard InChI is InChI=1S/C13H8Cl2F3NO/c14-8-3-1-7(2-4-8)11(20)9-5-6-10(13(16,17)18)19-12(9)15/h1-6,11,20H. The van der Waals surface area contributed by atoms with Crippen molar-refractivity contribution in [3.05, 3.63) is 63.4 Å². The molecule has 2 aromatic rings. The van der Waals surface area contributed by atoms with E-state index in [1.54, 1.807) is 24.3 Å². The molecule has 0 bridgehead atoms. The molecule has 1 heterocycles. The number of halogens is 5. The van der Waals surface area contributed by atoms with Crippen LogP contribution in [-0.2, 0) is 6.18 Å². The summed E-state index contributed by atoms with van der Waals surface area (Å²) in [5, 5.41) is 10.2. The predicted octanol–water partition coefficient (Wildman–Crippen LogP) is 4.49. The number of hydrogen-bond acceptors (Lipinski definition) is 2. The highest BCUT2D eigenvalue weighted by Gasteiger charge is 2.33. The van der Waals surface area contributed by atoms with E-state index in [2.05, 4.69) is 4.98 Å². The van der Waals surface area contributed by atoms with Gasteiger partial charge in [0.1, 0.15) is 17.0 Å². The number of alkyl halides is 3. The zero-order chi connectivity index (χ0) is 14.9. The molecule has 1 aromatic heterocycles. The van der Waals surface area contributed by atoms with Crippen LogP contribution in [0.25, 0.3) is 0 Å². The molecule has 0 amide bonds. The molecule has 106 valence electrons. The van der Waals surface area contributed by atoms with Crippen molar-refractivity contribution in [2.75, 3.05) is 0 Å². The molecule has 1 aromatic carbocycles. The molecular weight excluding hydrogens is 314 g/mol. The fourth-order valence-electron chi connectivity index (χ4n) is 1.63. The van der Waals surface area contributed by atoms with Crippen LogP contribution in [-0.4, -0.2) is 10.1 Å². The third-order valence-electron chi connectivity index (χ3n) is 2.65. The first-order valence-corrected chi connectivity index (χ1v) is 6.22. The molecule has 0 saturated heterocycles. The molecule has 0 radical (unpaired) electrons. The van der Waals surface area contributed by atoms with E-state index in [0.29, 0.717) is 10.6 Å². The van der Waals surface area contributed by atoms with Crippen molar-refractivity contribution in [3.63, 3.8) is 0 Å². The molecule has 20 heavy (non-hydrogen) atoms. The molecular formula is C13H8Cl2F3NO. The van der Waals surface area contributed by atoms with Gasteiger partial charge in [-0.25, -0.2) is 4.98 Å². The number of aromatic nitrogens is 1. The van der Waals surface area contributed by atoms with Crippen molar-refractivity contribution in [2.45, 2.75) is 12.3 Å². The first kappa shape index (κ1) is 15.1. The van der Waals surface area contributed by atoms with Crippen LogP contribution in [0.4, 0.5) is 13.2 Å². The third-order valence-corrected chi connectivity index (χ3v) is 3.20. The maximum absolute atomic E-state index is 12.5. The van der Waals surface area contributed by atoms with Crippen molar-refractivity contribution >= 4 is 23.2 Å². The molecule has 0 aliphatic carbocycles. The normalized spacial score (nSPS) is 13.3. The van der Waals surface area contributed by atoms with Gasteiger partial charge in [-0.3, -0.25) is 0 Å². The predicted molar refractivity (Wildman–Crippen MR) is 69.8 cm³/mol. The van der Waals surface area contributed by atoms with Crippen molar-refractivity contribution in [3.8, 4) is 0 Å². The highest BCUT2D eigenvalue weighted by molar-refractivity contribution is 6.30. The first-order valence-electron chi connectivity index (χ1n) is 5.46. The van der Waals surface area contributed by atoms with Crippen LogP contribution in [0, 0.1) is 0 Å². The molecule has 0 fully saturated rings. The minimum atomic E-state index is -4.58. The van der Waals surface area contributed by atoms with Crippen LogP contribution in [0.15, 0.2) is 36.4 Å². The van der Waals surface area contributed by atoms with Crippen LogP contribution in [0.5, 0.6) is 0 Å². The Morgan fingerprint density at radius 2 is 1.60 bits per heavy atom. The molecule has 0 aliphatic rings. The highest BCUT2D eigenvalue weighted by Crippen LogP contribution is 2.33. The van der Waals surface area contributed by atoms with Gasteiger partial charge in [0.15, 0.2) is 0 Å². The van der Waals surface area contributed by atoms with E-state index in [1.165, 1.54) is 0 Å². The Hall–Kier alpha value is -1.30. The number of pyridine rings is 1. The summed E-state index contributed by atoms with van der Waals surface area (Å²) in [6.45, 7) is 0. The number of hydrogen-bond donors (Lipinski definition) is 1. The first-order chi connectivity index (χ1) is 9.29. The Morgan fingerprint density at radius 3 is 2.10 bits per heavy atom. The van der Waals surface area contributed by atoms with E-state index >= 15 is 0 Å². The smallest absolute Gasteiger partial charge is 0.384 e. The maximum atomic E-state index is 12.5. The maximum Gasteiger partial charge on any atom is 0.433 e. The SMILES string of the molecule is OC(c1ccc(Cl)cc1)c1ccc(C(F)(F)F)nc1Cl. The summed E-state index contributed by atoms with van der Waals surface area (Å²) in [6, 6.07) is 8.12. The summed E-state index contributed by atoms with van der Waals surface area (Å²) >= 11 is 11.4. The van der Waals surface area contributed by atoms with E-state index in [9.17, 15) is 18.3 Å². The van der Waals surface area contributed by atoms with Gasteiger partial charge < -0.3 is 5.11 Å². The van der Waals surface area contributed by atoms with Gasteiger partial charge in [-0.05, 0) is 23.8 Å².